The Morgan fingerprint density at radius 3 is 2.67 bits per heavy atom. The third-order valence-corrected chi connectivity index (χ3v) is 3.83. The first-order chi connectivity index (χ1) is 11.5. The Bertz CT molecular complexity index is 600. The van der Waals surface area contributed by atoms with Crippen LogP contribution < -0.4 is 5.01 Å². The molecule has 1 amide bonds. The van der Waals surface area contributed by atoms with Crippen molar-refractivity contribution in [3.63, 3.8) is 0 Å². The van der Waals surface area contributed by atoms with Crippen LogP contribution in [0.25, 0.3) is 0 Å². The van der Waals surface area contributed by atoms with Gasteiger partial charge in [0.1, 0.15) is 0 Å². The van der Waals surface area contributed by atoms with Crippen LogP contribution in [0.2, 0.25) is 0 Å². The summed E-state index contributed by atoms with van der Waals surface area (Å²) in [6.45, 7) is 14.4. The van der Waals surface area contributed by atoms with Crippen LogP contribution in [0.4, 0.5) is 5.69 Å². The second-order valence-electron chi connectivity index (χ2n) is 5.27. The molecular formula is C18H25ClN4O. The molecule has 1 atom stereocenters. The maximum absolute atomic E-state index is 12.5. The van der Waals surface area contributed by atoms with Gasteiger partial charge in [-0.25, -0.2) is 0 Å². The Hall–Kier alpha value is -2.14. The van der Waals surface area contributed by atoms with E-state index in [1.54, 1.807) is 28.4 Å². The van der Waals surface area contributed by atoms with Crippen LogP contribution in [-0.4, -0.2) is 34.1 Å². The average Bonchev–Trinajstić information content (AvgIpc) is 2.60. The van der Waals surface area contributed by atoms with Crippen LogP contribution >= 0.6 is 11.6 Å². The van der Waals surface area contributed by atoms with Gasteiger partial charge in [0.05, 0.1) is 17.6 Å². The second-order valence-corrected chi connectivity index (χ2v) is 5.63. The number of nitrogens with zero attached hydrogens (tertiary/aromatic N) is 4. The van der Waals surface area contributed by atoms with Gasteiger partial charge in [-0.3, -0.25) is 14.8 Å². The molecule has 1 aromatic heterocycles. The summed E-state index contributed by atoms with van der Waals surface area (Å²) in [7, 11) is 0. The molecule has 0 saturated carbocycles. The average molecular weight is 349 g/mol. The van der Waals surface area contributed by atoms with Gasteiger partial charge in [0.15, 0.2) is 5.17 Å². The fourth-order valence-electron chi connectivity index (χ4n) is 2.19. The number of pyridine rings is 1. The van der Waals surface area contributed by atoms with Crippen LogP contribution in [0.15, 0.2) is 54.6 Å². The van der Waals surface area contributed by atoms with Crippen LogP contribution in [0, 0.1) is 5.92 Å². The third kappa shape index (κ3) is 5.20. The monoisotopic (exact) mass is 348 g/mol. The van der Waals surface area contributed by atoms with E-state index in [4.69, 9.17) is 11.6 Å². The summed E-state index contributed by atoms with van der Waals surface area (Å²) in [4.78, 5) is 18.1. The largest absolute Gasteiger partial charge is 0.310 e. The van der Waals surface area contributed by atoms with E-state index in [2.05, 4.69) is 23.2 Å². The number of hydrogen-bond acceptors (Lipinski definition) is 4. The molecule has 0 aliphatic heterocycles. The summed E-state index contributed by atoms with van der Waals surface area (Å²) in [6, 6.07) is 3.72. The van der Waals surface area contributed by atoms with Crippen LogP contribution in [0.3, 0.4) is 0 Å². The van der Waals surface area contributed by atoms with E-state index in [-0.39, 0.29) is 17.0 Å². The van der Waals surface area contributed by atoms with Crippen molar-refractivity contribution in [3.8, 4) is 0 Å². The molecule has 0 radical (unpaired) electrons. The number of amides is 1. The van der Waals surface area contributed by atoms with E-state index in [1.165, 1.54) is 0 Å². The SMILES string of the molecule is C=CCC(C)C(=O)N(CC)C(=C)C(Cl)=NN(CC)c1cccnc1. The van der Waals surface area contributed by atoms with Crippen LogP contribution in [-0.2, 0) is 4.79 Å². The molecule has 0 N–H and O–H groups in total. The molecule has 1 rings (SSSR count). The predicted molar refractivity (Wildman–Crippen MR) is 101 cm³/mol. The van der Waals surface area contributed by atoms with Gasteiger partial charge in [0.25, 0.3) is 0 Å². The highest BCUT2D eigenvalue weighted by atomic mass is 35.5. The smallest absolute Gasteiger partial charge is 0.230 e. The van der Waals surface area contributed by atoms with Gasteiger partial charge in [-0.05, 0) is 32.4 Å². The molecule has 6 heteroatoms. The quantitative estimate of drug-likeness (QED) is 0.384. The standard InChI is InChI=1S/C18H25ClN4O/c1-6-10-14(4)18(24)22(7-2)15(5)17(19)21-23(8-3)16-11-9-12-20-13-16/h6,9,11-14H,1,5,7-8,10H2,2-4H3. The Morgan fingerprint density at radius 2 is 2.17 bits per heavy atom. The zero-order valence-electron chi connectivity index (χ0n) is 14.6. The van der Waals surface area contributed by atoms with Gasteiger partial charge in [0, 0.05) is 25.2 Å². The summed E-state index contributed by atoms with van der Waals surface area (Å²) in [5, 5.41) is 6.28. The summed E-state index contributed by atoms with van der Waals surface area (Å²) in [5.74, 6) is -0.218. The second kappa shape index (κ2) is 9.88. The van der Waals surface area contributed by atoms with E-state index in [0.717, 1.165) is 5.69 Å². The molecule has 0 saturated heterocycles. The molecule has 24 heavy (non-hydrogen) atoms. The highest BCUT2D eigenvalue weighted by Crippen LogP contribution is 2.18. The minimum atomic E-state index is -0.177. The Morgan fingerprint density at radius 1 is 1.46 bits per heavy atom. The van der Waals surface area contributed by atoms with Crippen molar-refractivity contribution >= 4 is 28.4 Å². The zero-order valence-corrected chi connectivity index (χ0v) is 15.3. The molecule has 0 aliphatic rings. The van der Waals surface area contributed by atoms with Gasteiger partial charge in [-0.15, -0.1) is 6.58 Å². The van der Waals surface area contributed by atoms with Gasteiger partial charge < -0.3 is 4.90 Å². The van der Waals surface area contributed by atoms with E-state index >= 15 is 0 Å². The minimum Gasteiger partial charge on any atom is -0.310 e. The Balaban J connectivity index is 2.97. The first kappa shape index (κ1) is 19.9. The predicted octanol–water partition coefficient (Wildman–Crippen LogP) is 4.03. The molecule has 0 fully saturated rings. The summed E-state index contributed by atoms with van der Waals surface area (Å²) >= 11 is 6.33. The lowest BCUT2D eigenvalue weighted by Crippen LogP contribution is -2.36. The van der Waals surface area contributed by atoms with Gasteiger partial charge in [0.2, 0.25) is 5.91 Å². The van der Waals surface area contributed by atoms with E-state index in [0.29, 0.717) is 25.2 Å². The maximum atomic E-state index is 12.5. The molecule has 130 valence electrons. The van der Waals surface area contributed by atoms with Crippen molar-refractivity contribution in [1.29, 1.82) is 0 Å². The fraction of sp³-hybridized carbons (Fsp3) is 0.389. The number of carbonyl (C=O) groups is 1. The highest BCUT2D eigenvalue weighted by molar-refractivity contribution is 6.69. The number of hydrazone groups is 1. The van der Waals surface area contributed by atoms with E-state index in [9.17, 15) is 4.79 Å². The zero-order chi connectivity index (χ0) is 18.1. The van der Waals surface area contributed by atoms with Crippen LogP contribution in [0.1, 0.15) is 27.2 Å². The number of carbonyl (C=O) groups excluding carboxylic acids is 1. The first-order valence-corrected chi connectivity index (χ1v) is 8.37. The topological polar surface area (TPSA) is 48.8 Å². The van der Waals surface area contributed by atoms with Crippen molar-refractivity contribution in [2.45, 2.75) is 27.2 Å². The molecule has 0 spiro atoms. The van der Waals surface area contributed by atoms with Gasteiger partial charge in [-0.1, -0.05) is 31.2 Å². The number of hydrogen-bond donors (Lipinski definition) is 0. The number of anilines is 1. The van der Waals surface area contributed by atoms with Crippen molar-refractivity contribution in [2.24, 2.45) is 11.0 Å². The molecule has 1 heterocycles. The normalized spacial score (nSPS) is 12.4. The molecule has 0 bridgehead atoms. The lowest BCUT2D eigenvalue weighted by atomic mass is 10.1. The number of aromatic nitrogens is 1. The lowest BCUT2D eigenvalue weighted by Gasteiger charge is -2.26. The maximum Gasteiger partial charge on any atom is 0.230 e. The summed E-state index contributed by atoms with van der Waals surface area (Å²) in [6.07, 6.45) is 5.74. The van der Waals surface area contributed by atoms with E-state index in [1.807, 2.05) is 32.9 Å². The van der Waals surface area contributed by atoms with Crippen molar-refractivity contribution < 1.29 is 4.79 Å². The fourth-order valence-corrected chi connectivity index (χ4v) is 2.38. The molecule has 0 aromatic carbocycles. The van der Waals surface area contributed by atoms with E-state index < -0.39 is 0 Å². The van der Waals surface area contributed by atoms with Gasteiger partial charge in [-0.2, -0.15) is 5.10 Å². The lowest BCUT2D eigenvalue weighted by molar-refractivity contribution is -0.132. The molecule has 1 unspecified atom stereocenters. The van der Waals surface area contributed by atoms with Crippen LogP contribution in [0.5, 0.6) is 0 Å². The third-order valence-electron chi connectivity index (χ3n) is 3.54. The highest BCUT2D eigenvalue weighted by Gasteiger charge is 2.23. The van der Waals surface area contributed by atoms with Crippen molar-refractivity contribution in [2.75, 3.05) is 18.1 Å². The number of halogens is 1. The first-order valence-electron chi connectivity index (χ1n) is 7.99. The van der Waals surface area contributed by atoms with Crippen molar-refractivity contribution in [3.05, 3.63) is 49.5 Å². The summed E-state index contributed by atoms with van der Waals surface area (Å²) in [5.41, 5.74) is 1.21. The number of rotatable bonds is 9. The van der Waals surface area contributed by atoms with Gasteiger partial charge >= 0.3 is 0 Å². The molecule has 0 aliphatic carbocycles. The molecular weight excluding hydrogens is 324 g/mol. The number of allylic oxidation sites excluding steroid dienone is 2. The Kier molecular flexibility index (Phi) is 8.19. The molecule has 1 aromatic rings. The van der Waals surface area contributed by atoms with Crippen molar-refractivity contribution in [1.82, 2.24) is 9.88 Å². The summed E-state index contributed by atoms with van der Waals surface area (Å²) < 4.78 is 0. The minimum absolute atomic E-state index is 0.0415. The Labute approximate surface area is 149 Å². The molecule has 5 nitrogen and oxygen atoms in total.